The molecule has 0 aliphatic carbocycles. The van der Waals surface area contributed by atoms with Gasteiger partial charge >= 0.3 is 0 Å². The molecule has 3 rings (SSSR count). The quantitative estimate of drug-likeness (QED) is 0.550. The summed E-state index contributed by atoms with van der Waals surface area (Å²) in [6.07, 6.45) is 0. The van der Waals surface area contributed by atoms with Gasteiger partial charge in [0.2, 0.25) is 0 Å². The van der Waals surface area contributed by atoms with Crippen LogP contribution < -0.4 is 5.32 Å². The maximum atomic E-state index is 10.9. The van der Waals surface area contributed by atoms with E-state index < -0.39 is 4.92 Å². The van der Waals surface area contributed by atoms with Crippen molar-refractivity contribution in [3.63, 3.8) is 0 Å². The number of benzene rings is 3. The summed E-state index contributed by atoms with van der Waals surface area (Å²) in [5.74, 6) is 0. The lowest BCUT2D eigenvalue weighted by Gasteiger charge is -2.12. The number of rotatable bonds is 4. The molecular weight excluding hydrogens is 302 g/mol. The zero-order valence-electron chi connectivity index (χ0n) is 12.6. The van der Waals surface area contributed by atoms with Gasteiger partial charge in [-0.25, -0.2) is 0 Å². The third kappa shape index (κ3) is 3.08. The van der Waals surface area contributed by atoms with Crippen molar-refractivity contribution in [1.82, 2.24) is 0 Å². The van der Waals surface area contributed by atoms with E-state index in [1.165, 1.54) is 12.1 Å². The van der Waals surface area contributed by atoms with Gasteiger partial charge in [-0.1, -0.05) is 48.5 Å². The molecule has 116 valence electrons. The zero-order chi connectivity index (χ0) is 16.9. The molecular formula is C19H13N3O2. The fraction of sp³-hybridized carbons (Fsp3) is 0. The number of nitriles is 1. The molecule has 0 heterocycles. The first kappa shape index (κ1) is 15.3. The summed E-state index contributed by atoms with van der Waals surface area (Å²) in [4.78, 5) is 10.4. The number of hydrogen-bond acceptors (Lipinski definition) is 4. The smallest absolute Gasteiger partial charge is 0.287 e. The second-order valence-corrected chi connectivity index (χ2v) is 5.14. The van der Waals surface area contributed by atoms with Gasteiger partial charge in [0.1, 0.15) is 11.6 Å². The third-order valence-corrected chi connectivity index (χ3v) is 3.60. The highest BCUT2D eigenvalue weighted by Gasteiger charge is 2.14. The van der Waals surface area contributed by atoms with E-state index in [1.807, 2.05) is 60.7 Å². The Morgan fingerprint density at radius 2 is 1.67 bits per heavy atom. The van der Waals surface area contributed by atoms with Crippen LogP contribution in [0.2, 0.25) is 0 Å². The molecule has 0 aromatic heterocycles. The van der Waals surface area contributed by atoms with E-state index in [9.17, 15) is 10.1 Å². The number of nitro benzene ring substituents is 1. The van der Waals surface area contributed by atoms with Crippen LogP contribution in [0.4, 0.5) is 17.1 Å². The van der Waals surface area contributed by atoms with E-state index in [1.54, 1.807) is 6.07 Å². The van der Waals surface area contributed by atoms with Crippen LogP contribution in [0.1, 0.15) is 5.56 Å². The van der Waals surface area contributed by atoms with E-state index in [0.29, 0.717) is 5.69 Å². The summed E-state index contributed by atoms with van der Waals surface area (Å²) < 4.78 is 0. The largest absolute Gasteiger partial charge is 0.355 e. The van der Waals surface area contributed by atoms with Gasteiger partial charge in [-0.2, -0.15) is 5.26 Å². The maximum Gasteiger partial charge on any atom is 0.287 e. The van der Waals surface area contributed by atoms with Gasteiger partial charge in [0.15, 0.2) is 0 Å². The summed E-state index contributed by atoms with van der Waals surface area (Å²) in [5, 5.41) is 23.3. The average Bonchev–Trinajstić information content (AvgIpc) is 2.62. The summed E-state index contributed by atoms with van der Waals surface area (Å²) >= 11 is 0. The molecule has 3 aromatic rings. The van der Waals surface area contributed by atoms with Gasteiger partial charge < -0.3 is 5.32 Å². The lowest BCUT2D eigenvalue weighted by Crippen LogP contribution is -1.96. The number of nitrogens with one attached hydrogen (secondary N) is 1. The highest BCUT2D eigenvalue weighted by molar-refractivity contribution is 5.81. The average molecular weight is 315 g/mol. The fourth-order valence-corrected chi connectivity index (χ4v) is 2.48. The van der Waals surface area contributed by atoms with E-state index in [4.69, 9.17) is 5.26 Å². The summed E-state index contributed by atoms with van der Waals surface area (Å²) in [6.45, 7) is 0. The highest BCUT2D eigenvalue weighted by Crippen LogP contribution is 2.31. The van der Waals surface area contributed by atoms with Crippen molar-refractivity contribution < 1.29 is 4.92 Å². The molecule has 0 saturated heterocycles. The van der Waals surface area contributed by atoms with Crippen LogP contribution in [0.5, 0.6) is 0 Å². The molecule has 0 atom stereocenters. The topological polar surface area (TPSA) is 79.0 Å². The Morgan fingerprint density at radius 3 is 2.38 bits per heavy atom. The van der Waals surface area contributed by atoms with Crippen molar-refractivity contribution in [1.29, 1.82) is 5.26 Å². The van der Waals surface area contributed by atoms with E-state index in [2.05, 4.69) is 5.32 Å². The van der Waals surface area contributed by atoms with E-state index in [0.717, 1.165) is 16.8 Å². The molecule has 3 aromatic carbocycles. The van der Waals surface area contributed by atoms with E-state index in [-0.39, 0.29) is 11.3 Å². The minimum atomic E-state index is -0.555. The predicted octanol–water partition coefficient (Wildman–Crippen LogP) is 4.88. The molecule has 0 spiro atoms. The first-order valence-corrected chi connectivity index (χ1v) is 7.29. The van der Waals surface area contributed by atoms with Crippen LogP contribution >= 0.6 is 0 Å². The van der Waals surface area contributed by atoms with Gasteiger partial charge in [-0.05, 0) is 23.8 Å². The molecule has 0 radical (unpaired) electrons. The molecule has 5 heteroatoms. The Kier molecular flexibility index (Phi) is 4.21. The van der Waals surface area contributed by atoms with Crippen molar-refractivity contribution in [3.05, 3.63) is 88.5 Å². The van der Waals surface area contributed by atoms with Gasteiger partial charge in [0.25, 0.3) is 5.69 Å². The van der Waals surface area contributed by atoms with Crippen LogP contribution in [-0.4, -0.2) is 4.92 Å². The Morgan fingerprint density at radius 1 is 0.958 bits per heavy atom. The normalized spacial score (nSPS) is 9.96. The molecule has 1 N–H and O–H groups in total. The number of nitro groups is 1. The fourth-order valence-electron chi connectivity index (χ4n) is 2.48. The lowest BCUT2D eigenvalue weighted by molar-refractivity contribution is -0.385. The first-order valence-electron chi connectivity index (χ1n) is 7.29. The summed E-state index contributed by atoms with van der Waals surface area (Å²) in [5.41, 5.74) is 3.39. The minimum absolute atomic E-state index is 0.0298. The van der Waals surface area contributed by atoms with Gasteiger partial charge in [0.05, 0.1) is 4.92 Å². The van der Waals surface area contributed by atoms with Gasteiger partial charge in [0, 0.05) is 23.0 Å². The number of para-hydroxylation sites is 1. The molecule has 0 aliphatic rings. The monoisotopic (exact) mass is 315 g/mol. The van der Waals surface area contributed by atoms with Crippen LogP contribution in [-0.2, 0) is 0 Å². The number of nitrogens with zero attached hydrogens (tertiary/aromatic N) is 2. The molecule has 0 unspecified atom stereocenters. The molecule has 0 saturated carbocycles. The van der Waals surface area contributed by atoms with Gasteiger partial charge in [-0.3, -0.25) is 10.1 Å². The number of anilines is 2. The number of hydrogen-bond donors (Lipinski definition) is 1. The molecule has 0 amide bonds. The van der Waals surface area contributed by atoms with Crippen molar-refractivity contribution >= 4 is 17.1 Å². The zero-order valence-corrected chi connectivity index (χ0v) is 12.6. The Hall–Kier alpha value is -3.65. The summed E-state index contributed by atoms with van der Waals surface area (Å²) in [7, 11) is 0. The predicted molar refractivity (Wildman–Crippen MR) is 93.0 cm³/mol. The molecule has 0 fully saturated rings. The van der Waals surface area contributed by atoms with Crippen molar-refractivity contribution in [2.24, 2.45) is 0 Å². The summed E-state index contributed by atoms with van der Waals surface area (Å²) in [6, 6.07) is 24.0. The Bertz CT molecular complexity index is 931. The second kappa shape index (κ2) is 6.63. The van der Waals surface area contributed by atoms with Crippen LogP contribution in [0.15, 0.2) is 72.8 Å². The standard InChI is InChI=1S/C19H13N3O2/c20-13-15-12-16(10-11-19(15)22(23)24)21-18-9-5-4-8-17(18)14-6-2-1-3-7-14/h1-12,21H. The SMILES string of the molecule is N#Cc1cc(Nc2ccccc2-c2ccccc2)ccc1[N+](=O)[O-]. The molecule has 0 bridgehead atoms. The highest BCUT2D eigenvalue weighted by atomic mass is 16.6. The molecule has 5 nitrogen and oxygen atoms in total. The molecule has 24 heavy (non-hydrogen) atoms. The molecule has 0 aliphatic heterocycles. The van der Waals surface area contributed by atoms with Crippen molar-refractivity contribution in [2.45, 2.75) is 0 Å². The maximum absolute atomic E-state index is 10.9. The lowest BCUT2D eigenvalue weighted by atomic mass is 10.0. The minimum Gasteiger partial charge on any atom is -0.355 e. The van der Waals surface area contributed by atoms with Crippen LogP contribution in [0.3, 0.4) is 0 Å². The first-order chi connectivity index (χ1) is 11.7. The van der Waals surface area contributed by atoms with Crippen LogP contribution in [0, 0.1) is 21.4 Å². The second-order valence-electron chi connectivity index (χ2n) is 5.14. The third-order valence-electron chi connectivity index (χ3n) is 3.60. The Balaban J connectivity index is 1.99. The Labute approximate surface area is 139 Å². The van der Waals surface area contributed by atoms with Crippen LogP contribution in [0.25, 0.3) is 11.1 Å². The van der Waals surface area contributed by atoms with Gasteiger partial charge in [-0.15, -0.1) is 0 Å². The van der Waals surface area contributed by atoms with Crippen molar-refractivity contribution in [3.8, 4) is 17.2 Å². The van der Waals surface area contributed by atoms with E-state index >= 15 is 0 Å². The van der Waals surface area contributed by atoms with Crippen molar-refractivity contribution in [2.75, 3.05) is 5.32 Å².